The molecule has 0 atom stereocenters. The summed E-state index contributed by atoms with van der Waals surface area (Å²) in [5.74, 6) is 1.92. The van der Waals surface area contributed by atoms with Crippen molar-refractivity contribution in [1.29, 1.82) is 0 Å². The summed E-state index contributed by atoms with van der Waals surface area (Å²) in [6, 6.07) is 6.41. The molecule has 0 radical (unpaired) electrons. The molecule has 0 spiro atoms. The number of aryl methyl sites for hydroxylation is 2. The van der Waals surface area contributed by atoms with Gasteiger partial charge in [0, 0.05) is 12.1 Å². The van der Waals surface area contributed by atoms with Gasteiger partial charge in [-0.15, -0.1) is 10.2 Å². The van der Waals surface area contributed by atoms with E-state index < -0.39 is 0 Å². The molecule has 17 heavy (non-hydrogen) atoms. The largest absolute Gasteiger partial charge is 0.311 e. The molecule has 0 aliphatic heterocycles. The van der Waals surface area contributed by atoms with Crippen molar-refractivity contribution in [2.24, 2.45) is 0 Å². The maximum absolute atomic E-state index is 4.28. The lowest BCUT2D eigenvalue weighted by Gasteiger charge is -2.07. The average molecular weight is 294 g/mol. The Balaban J connectivity index is 2.52. The lowest BCUT2D eigenvalue weighted by molar-refractivity contribution is 0.733. The van der Waals surface area contributed by atoms with Crippen LogP contribution in [-0.4, -0.2) is 14.8 Å². The molecule has 90 valence electrons. The normalized spacial score (nSPS) is 10.8. The average Bonchev–Trinajstić information content (AvgIpc) is 2.75. The van der Waals surface area contributed by atoms with Crippen LogP contribution < -0.4 is 0 Å². The minimum Gasteiger partial charge on any atom is -0.311 e. The monoisotopic (exact) mass is 293 g/mol. The Labute approximate surface area is 110 Å². The van der Waals surface area contributed by atoms with E-state index in [0.717, 1.165) is 29.1 Å². The molecular formula is C13H16BrN3. The van der Waals surface area contributed by atoms with Gasteiger partial charge in [-0.1, -0.05) is 28.1 Å². The summed E-state index contributed by atoms with van der Waals surface area (Å²) in [5, 5.41) is 9.22. The van der Waals surface area contributed by atoms with Crippen LogP contribution in [0, 0.1) is 13.8 Å². The summed E-state index contributed by atoms with van der Waals surface area (Å²) in [4.78, 5) is 0. The molecule has 0 aliphatic carbocycles. The van der Waals surface area contributed by atoms with Crippen LogP contribution in [0.25, 0.3) is 11.4 Å². The third-order valence-electron chi connectivity index (χ3n) is 3.03. The first-order valence-electron chi connectivity index (χ1n) is 5.73. The molecule has 0 saturated carbocycles. The lowest BCUT2D eigenvalue weighted by atomic mass is 10.1. The Morgan fingerprint density at radius 3 is 2.53 bits per heavy atom. The van der Waals surface area contributed by atoms with Gasteiger partial charge < -0.3 is 4.57 Å². The summed E-state index contributed by atoms with van der Waals surface area (Å²) in [5.41, 5.74) is 3.72. The van der Waals surface area contributed by atoms with Gasteiger partial charge in [0.25, 0.3) is 0 Å². The van der Waals surface area contributed by atoms with E-state index in [4.69, 9.17) is 0 Å². The molecule has 0 saturated heterocycles. The van der Waals surface area contributed by atoms with Crippen molar-refractivity contribution in [1.82, 2.24) is 14.8 Å². The molecule has 2 rings (SSSR count). The first-order valence-corrected chi connectivity index (χ1v) is 6.85. The molecule has 0 amide bonds. The van der Waals surface area contributed by atoms with E-state index in [1.54, 1.807) is 0 Å². The van der Waals surface area contributed by atoms with Crippen LogP contribution in [0.5, 0.6) is 0 Å². The fourth-order valence-corrected chi connectivity index (χ4v) is 2.28. The second-order valence-corrected chi connectivity index (χ2v) is 4.68. The molecule has 1 heterocycles. The third kappa shape index (κ3) is 2.27. The summed E-state index contributed by atoms with van der Waals surface area (Å²) in [6.07, 6.45) is 0. The van der Waals surface area contributed by atoms with Gasteiger partial charge in [-0.3, -0.25) is 0 Å². The van der Waals surface area contributed by atoms with Crippen LogP contribution in [0.15, 0.2) is 18.2 Å². The zero-order valence-corrected chi connectivity index (χ0v) is 12.0. The maximum Gasteiger partial charge on any atom is 0.163 e. The van der Waals surface area contributed by atoms with Crippen LogP contribution in [-0.2, 0) is 11.9 Å². The van der Waals surface area contributed by atoms with Gasteiger partial charge in [0.05, 0.1) is 5.33 Å². The van der Waals surface area contributed by atoms with Crippen LogP contribution >= 0.6 is 15.9 Å². The van der Waals surface area contributed by atoms with Gasteiger partial charge in [-0.25, -0.2) is 0 Å². The van der Waals surface area contributed by atoms with E-state index in [1.165, 1.54) is 11.1 Å². The fraction of sp³-hybridized carbons (Fsp3) is 0.385. The molecule has 1 aromatic heterocycles. The first kappa shape index (κ1) is 12.3. The molecule has 4 heteroatoms. The molecule has 0 N–H and O–H groups in total. The molecular weight excluding hydrogens is 278 g/mol. The number of nitrogens with zero attached hydrogens (tertiary/aromatic N) is 3. The van der Waals surface area contributed by atoms with E-state index in [1.807, 2.05) is 0 Å². The Bertz CT molecular complexity index is 531. The SMILES string of the molecule is CCn1c(CBr)nnc1-c1ccc(C)c(C)c1. The first-order chi connectivity index (χ1) is 8.17. The van der Waals surface area contributed by atoms with E-state index in [-0.39, 0.29) is 0 Å². The standard InChI is InChI=1S/C13H16BrN3/c1-4-17-12(8-14)15-16-13(17)11-6-5-9(2)10(3)7-11/h5-7H,4,8H2,1-3H3. The number of hydrogen-bond acceptors (Lipinski definition) is 2. The van der Waals surface area contributed by atoms with Crippen LogP contribution in [0.3, 0.4) is 0 Å². The smallest absolute Gasteiger partial charge is 0.163 e. The highest BCUT2D eigenvalue weighted by molar-refractivity contribution is 9.08. The number of hydrogen-bond donors (Lipinski definition) is 0. The van der Waals surface area contributed by atoms with Crippen molar-refractivity contribution in [3.05, 3.63) is 35.2 Å². The molecule has 0 fully saturated rings. The highest BCUT2D eigenvalue weighted by Gasteiger charge is 2.11. The van der Waals surface area contributed by atoms with Gasteiger partial charge in [-0.05, 0) is 38.0 Å². The summed E-state index contributed by atoms with van der Waals surface area (Å²) in [7, 11) is 0. The van der Waals surface area contributed by atoms with Crippen molar-refractivity contribution in [2.75, 3.05) is 0 Å². The van der Waals surface area contributed by atoms with E-state index in [0.29, 0.717) is 0 Å². The van der Waals surface area contributed by atoms with E-state index in [9.17, 15) is 0 Å². The highest BCUT2D eigenvalue weighted by Crippen LogP contribution is 2.22. The van der Waals surface area contributed by atoms with Crippen molar-refractivity contribution in [3.63, 3.8) is 0 Å². The molecule has 0 unspecified atom stereocenters. The minimum absolute atomic E-state index is 0.735. The quantitative estimate of drug-likeness (QED) is 0.811. The van der Waals surface area contributed by atoms with E-state index >= 15 is 0 Å². The minimum atomic E-state index is 0.735. The molecule has 1 aromatic carbocycles. The van der Waals surface area contributed by atoms with Crippen molar-refractivity contribution < 1.29 is 0 Å². The van der Waals surface area contributed by atoms with Crippen molar-refractivity contribution in [2.45, 2.75) is 32.6 Å². The third-order valence-corrected chi connectivity index (χ3v) is 3.53. The molecule has 0 bridgehead atoms. The van der Waals surface area contributed by atoms with Gasteiger partial charge in [-0.2, -0.15) is 0 Å². The summed E-state index contributed by atoms with van der Waals surface area (Å²) in [6.45, 7) is 7.24. The highest BCUT2D eigenvalue weighted by atomic mass is 79.9. The fourth-order valence-electron chi connectivity index (χ4n) is 1.86. The second kappa shape index (κ2) is 5.00. The molecule has 0 aliphatic rings. The van der Waals surface area contributed by atoms with Crippen molar-refractivity contribution >= 4 is 15.9 Å². The number of halogens is 1. The predicted molar refractivity (Wildman–Crippen MR) is 73.2 cm³/mol. The van der Waals surface area contributed by atoms with Crippen LogP contribution in [0.1, 0.15) is 23.9 Å². The van der Waals surface area contributed by atoms with Gasteiger partial charge >= 0.3 is 0 Å². The topological polar surface area (TPSA) is 30.7 Å². The predicted octanol–water partition coefficient (Wildman–Crippen LogP) is 3.48. The Morgan fingerprint density at radius 1 is 1.18 bits per heavy atom. The zero-order chi connectivity index (χ0) is 12.4. The Kier molecular flexibility index (Phi) is 3.62. The van der Waals surface area contributed by atoms with Crippen LogP contribution in [0.2, 0.25) is 0 Å². The summed E-state index contributed by atoms with van der Waals surface area (Å²) < 4.78 is 2.14. The number of aromatic nitrogens is 3. The molecule has 2 aromatic rings. The second-order valence-electron chi connectivity index (χ2n) is 4.12. The van der Waals surface area contributed by atoms with Crippen LogP contribution in [0.4, 0.5) is 0 Å². The zero-order valence-electron chi connectivity index (χ0n) is 10.4. The Morgan fingerprint density at radius 2 is 1.94 bits per heavy atom. The van der Waals surface area contributed by atoms with Gasteiger partial charge in [0.1, 0.15) is 5.82 Å². The van der Waals surface area contributed by atoms with Gasteiger partial charge in [0.15, 0.2) is 5.82 Å². The summed E-state index contributed by atoms with van der Waals surface area (Å²) >= 11 is 3.44. The van der Waals surface area contributed by atoms with E-state index in [2.05, 4.69) is 69.7 Å². The number of benzene rings is 1. The Hall–Kier alpha value is -1.16. The maximum atomic E-state index is 4.28. The van der Waals surface area contributed by atoms with Gasteiger partial charge in [0.2, 0.25) is 0 Å². The lowest BCUT2D eigenvalue weighted by Crippen LogP contribution is -2.02. The van der Waals surface area contributed by atoms with Crippen molar-refractivity contribution in [3.8, 4) is 11.4 Å². The number of rotatable bonds is 3. The molecule has 3 nitrogen and oxygen atoms in total. The number of alkyl halides is 1.